The summed E-state index contributed by atoms with van der Waals surface area (Å²) in [7, 11) is 0. The maximum atomic E-state index is 12.9. The topological polar surface area (TPSA) is 81.2 Å². The molecular weight excluding hydrogens is 287 g/mol. The minimum atomic E-state index is -4.76. The van der Waals surface area contributed by atoms with Gasteiger partial charge in [-0.1, -0.05) is 6.42 Å². The molecule has 0 saturated heterocycles. The lowest BCUT2D eigenvalue weighted by Gasteiger charge is -2.21. The molecule has 0 radical (unpaired) electrons. The molecule has 0 amide bonds. The van der Waals surface area contributed by atoms with E-state index in [0.29, 0.717) is 6.54 Å². The lowest BCUT2D eigenvalue weighted by Crippen LogP contribution is -2.29. The SMILES string of the molecule is NCC1CCCC1Nc1ccc([N+](=O)[O-])c(C(F)(F)F)c1. The largest absolute Gasteiger partial charge is 0.423 e. The second kappa shape index (κ2) is 5.88. The molecule has 2 atom stereocenters. The minimum Gasteiger partial charge on any atom is -0.382 e. The fourth-order valence-electron chi connectivity index (χ4n) is 2.74. The van der Waals surface area contributed by atoms with Gasteiger partial charge in [-0.2, -0.15) is 13.2 Å². The lowest BCUT2D eigenvalue weighted by atomic mass is 10.0. The van der Waals surface area contributed by atoms with Gasteiger partial charge >= 0.3 is 6.18 Å². The second-order valence-electron chi connectivity index (χ2n) is 5.16. The zero-order chi connectivity index (χ0) is 15.6. The van der Waals surface area contributed by atoms with Gasteiger partial charge in [0.1, 0.15) is 5.56 Å². The van der Waals surface area contributed by atoms with Gasteiger partial charge < -0.3 is 11.1 Å². The van der Waals surface area contributed by atoms with Gasteiger partial charge in [-0.3, -0.25) is 10.1 Å². The Morgan fingerprint density at radius 3 is 2.67 bits per heavy atom. The van der Waals surface area contributed by atoms with Crippen molar-refractivity contribution in [2.24, 2.45) is 11.7 Å². The highest BCUT2D eigenvalue weighted by Crippen LogP contribution is 2.38. The first-order valence-corrected chi connectivity index (χ1v) is 6.65. The monoisotopic (exact) mass is 303 g/mol. The summed E-state index contributed by atoms with van der Waals surface area (Å²) in [6.45, 7) is 0.469. The highest BCUT2D eigenvalue weighted by Gasteiger charge is 2.38. The Labute approximate surface area is 119 Å². The number of nitrogens with two attached hydrogens (primary N) is 1. The van der Waals surface area contributed by atoms with Crippen LogP contribution < -0.4 is 11.1 Å². The van der Waals surface area contributed by atoms with Crippen LogP contribution in [0.2, 0.25) is 0 Å². The molecule has 116 valence electrons. The first kappa shape index (κ1) is 15.6. The lowest BCUT2D eigenvalue weighted by molar-refractivity contribution is -0.388. The summed E-state index contributed by atoms with van der Waals surface area (Å²) in [6.07, 6.45) is -2.02. The quantitative estimate of drug-likeness (QED) is 0.661. The molecule has 1 aromatic carbocycles. The van der Waals surface area contributed by atoms with Crippen LogP contribution in [0.5, 0.6) is 0 Å². The average molecular weight is 303 g/mol. The number of nitrogens with zero attached hydrogens (tertiary/aromatic N) is 1. The van der Waals surface area contributed by atoms with Crippen molar-refractivity contribution in [1.82, 2.24) is 0 Å². The Kier molecular flexibility index (Phi) is 4.36. The van der Waals surface area contributed by atoms with Crippen molar-refractivity contribution in [3.05, 3.63) is 33.9 Å². The number of alkyl halides is 3. The number of hydrogen-bond donors (Lipinski definition) is 2. The molecule has 0 bridgehead atoms. The third-order valence-corrected chi connectivity index (χ3v) is 3.81. The van der Waals surface area contributed by atoms with Gasteiger partial charge in [0.2, 0.25) is 0 Å². The number of nitrogens with one attached hydrogen (secondary N) is 1. The highest BCUT2D eigenvalue weighted by molar-refractivity contribution is 5.55. The van der Waals surface area contributed by atoms with E-state index in [-0.39, 0.29) is 17.6 Å². The molecule has 1 saturated carbocycles. The first-order chi connectivity index (χ1) is 9.82. The Hall–Kier alpha value is -1.83. The number of halogens is 3. The van der Waals surface area contributed by atoms with Gasteiger partial charge in [0.15, 0.2) is 0 Å². The molecule has 0 aliphatic heterocycles. The second-order valence-corrected chi connectivity index (χ2v) is 5.16. The van der Waals surface area contributed by atoms with Crippen LogP contribution in [-0.4, -0.2) is 17.5 Å². The molecule has 1 aliphatic carbocycles. The smallest absolute Gasteiger partial charge is 0.382 e. The Bertz CT molecular complexity index is 534. The van der Waals surface area contributed by atoms with Crippen molar-refractivity contribution < 1.29 is 18.1 Å². The molecule has 1 aliphatic rings. The summed E-state index contributed by atoms with van der Waals surface area (Å²) in [6, 6.07) is 3.00. The molecule has 2 rings (SSSR count). The number of anilines is 1. The molecule has 8 heteroatoms. The van der Waals surface area contributed by atoms with Crippen LogP contribution in [0.15, 0.2) is 18.2 Å². The molecule has 3 N–H and O–H groups in total. The Morgan fingerprint density at radius 2 is 2.10 bits per heavy atom. The van der Waals surface area contributed by atoms with Crippen molar-refractivity contribution >= 4 is 11.4 Å². The number of nitro benzene ring substituents is 1. The van der Waals surface area contributed by atoms with Crippen molar-refractivity contribution in [2.75, 3.05) is 11.9 Å². The predicted octanol–water partition coefficient (Wildman–Crippen LogP) is 3.15. The first-order valence-electron chi connectivity index (χ1n) is 6.65. The summed E-state index contributed by atoms with van der Waals surface area (Å²) < 4.78 is 38.7. The van der Waals surface area contributed by atoms with Crippen molar-refractivity contribution in [2.45, 2.75) is 31.5 Å². The molecule has 2 unspecified atom stereocenters. The maximum Gasteiger partial charge on any atom is 0.423 e. The number of hydrogen-bond acceptors (Lipinski definition) is 4. The van der Waals surface area contributed by atoms with Gasteiger partial charge in [0.25, 0.3) is 5.69 Å². The molecule has 21 heavy (non-hydrogen) atoms. The van der Waals surface area contributed by atoms with E-state index in [4.69, 9.17) is 5.73 Å². The van der Waals surface area contributed by atoms with Crippen LogP contribution in [0.25, 0.3) is 0 Å². The molecule has 1 fully saturated rings. The van der Waals surface area contributed by atoms with Gasteiger partial charge in [0, 0.05) is 17.8 Å². The Morgan fingerprint density at radius 1 is 1.38 bits per heavy atom. The molecule has 0 spiro atoms. The van der Waals surface area contributed by atoms with Gasteiger partial charge in [0.05, 0.1) is 4.92 Å². The molecule has 5 nitrogen and oxygen atoms in total. The summed E-state index contributed by atoms with van der Waals surface area (Å²) in [5.41, 5.74) is 3.69. The highest BCUT2D eigenvalue weighted by atomic mass is 19.4. The normalized spacial score (nSPS) is 22.3. The van der Waals surface area contributed by atoms with Crippen LogP contribution in [0.3, 0.4) is 0 Å². The van der Waals surface area contributed by atoms with E-state index in [1.54, 1.807) is 0 Å². The van der Waals surface area contributed by atoms with Gasteiger partial charge in [-0.25, -0.2) is 0 Å². The fourth-order valence-corrected chi connectivity index (χ4v) is 2.74. The standard InChI is InChI=1S/C13H16F3N3O2/c14-13(15,16)10-6-9(4-5-12(10)19(20)21)18-11-3-1-2-8(11)7-17/h4-6,8,11,18H,1-3,7,17H2. The fraction of sp³-hybridized carbons (Fsp3) is 0.538. The van der Waals surface area contributed by atoms with Crippen molar-refractivity contribution in [3.63, 3.8) is 0 Å². The van der Waals surface area contributed by atoms with E-state index in [9.17, 15) is 23.3 Å². The Balaban J connectivity index is 2.27. The zero-order valence-electron chi connectivity index (χ0n) is 11.2. The molecule has 0 heterocycles. The van der Waals surface area contributed by atoms with Crippen LogP contribution in [0.1, 0.15) is 24.8 Å². The summed E-state index contributed by atoms with van der Waals surface area (Å²) in [5.74, 6) is 0.217. The number of benzene rings is 1. The van der Waals surface area contributed by atoms with Gasteiger partial charge in [-0.05, 0) is 37.4 Å². The van der Waals surface area contributed by atoms with Crippen molar-refractivity contribution in [1.29, 1.82) is 0 Å². The maximum absolute atomic E-state index is 12.9. The van der Waals surface area contributed by atoms with E-state index in [1.807, 2.05) is 0 Å². The van der Waals surface area contributed by atoms with E-state index in [0.717, 1.165) is 31.4 Å². The van der Waals surface area contributed by atoms with Crippen LogP contribution in [0, 0.1) is 16.0 Å². The number of rotatable bonds is 4. The summed E-state index contributed by atoms with van der Waals surface area (Å²) in [5, 5.41) is 13.7. The minimum absolute atomic E-state index is 0.0116. The van der Waals surface area contributed by atoms with E-state index >= 15 is 0 Å². The zero-order valence-corrected chi connectivity index (χ0v) is 11.2. The third-order valence-electron chi connectivity index (χ3n) is 3.81. The number of nitro groups is 1. The van der Waals surface area contributed by atoms with Crippen LogP contribution >= 0.6 is 0 Å². The molecule has 1 aromatic rings. The van der Waals surface area contributed by atoms with Gasteiger partial charge in [-0.15, -0.1) is 0 Å². The summed E-state index contributed by atoms with van der Waals surface area (Å²) in [4.78, 5) is 9.67. The van der Waals surface area contributed by atoms with Crippen LogP contribution in [0.4, 0.5) is 24.5 Å². The third kappa shape index (κ3) is 3.44. The summed E-state index contributed by atoms with van der Waals surface area (Å²) >= 11 is 0. The van der Waals surface area contributed by atoms with E-state index in [2.05, 4.69) is 5.32 Å². The molecular formula is C13H16F3N3O2. The molecule has 0 aromatic heterocycles. The van der Waals surface area contributed by atoms with E-state index in [1.165, 1.54) is 6.07 Å². The van der Waals surface area contributed by atoms with E-state index < -0.39 is 22.4 Å². The predicted molar refractivity (Wildman–Crippen MR) is 71.9 cm³/mol. The van der Waals surface area contributed by atoms with Crippen LogP contribution in [-0.2, 0) is 6.18 Å². The average Bonchev–Trinajstić information content (AvgIpc) is 2.84. The van der Waals surface area contributed by atoms with Crippen molar-refractivity contribution in [3.8, 4) is 0 Å².